The lowest BCUT2D eigenvalue weighted by atomic mass is 9.88. The maximum Gasteiger partial charge on any atom is 0.261 e. The van der Waals surface area contributed by atoms with E-state index in [2.05, 4.69) is 11.6 Å². The maximum atomic E-state index is 12.9. The summed E-state index contributed by atoms with van der Waals surface area (Å²) in [6.45, 7) is 5.69. The number of rotatable bonds is 5. The highest BCUT2D eigenvalue weighted by Crippen LogP contribution is 2.42. The molecule has 2 aromatic rings. The molecule has 1 aromatic carbocycles. The van der Waals surface area contributed by atoms with Gasteiger partial charge in [-0.2, -0.15) is 0 Å². The van der Waals surface area contributed by atoms with Crippen molar-refractivity contribution in [2.45, 2.75) is 25.9 Å². The first-order valence-electron chi connectivity index (χ1n) is 9.02. The van der Waals surface area contributed by atoms with Crippen molar-refractivity contribution in [1.82, 2.24) is 14.5 Å². The van der Waals surface area contributed by atoms with Gasteiger partial charge in [0.2, 0.25) is 11.8 Å². The molecule has 2 N–H and O–H groups in total. The Bertz CT molecular complexity index is 1090. The van der Waals surface area contributed by atoms with Gasteiger partial charge in [-0.1, -0.05) is 6.08 Å². The van der Waals surface area contributed by atoms with Gasteiger partial charge in [0.1, 0.15) is 5.56 Å². The van der Waals surface area contributed by atoms with Crippen molar-refractivity contribution in [2.24, 2.45) is 0 Å². The Morgan fingerprint density at radius 3 is 2.62 bits per heavy atom. The fourth-order valence-corrected chi connectivity index (χ4v) is 3.97. The van der Waals surface area contributed by atoms with E-state index in [1.54, 1.807) is 24.2 Å². The van der Waals surface area contributed by atoms with Gasteiger partial charge in [0, 0.05) is 20.0 Å². The summed E-state index contributed by atoms with van der Waals surface area (Å²) in [4.78, 5) is 29.4. The number of aromatic amines is 1. The number of ether oxygens (including phenoxy) is 2. The number of carbonyl (C=O) groups is 1. The molecular formula is C20H23N3O5S. The van der Waals surface area contributed by atoms with E-state index in [9.17, 15) is 14.7 Å². The van der Waals surface area contributed by atoms with Gasteiger partial charge in [-0.25, -0.2) is 0 Å². The summed E-state index contributed by atoms with van der Waals surface area (Å²) in [6.07, 6.45) is 2.14. The Hall–Kier alpha value is -3.07. The standard InChI is InChI=1S/C20H23N3O5S/c1-5-7-23-19(26)16(18(25)21-20(23)29)17-13-10-15(28-4)14(27-3)9-12(13)6-8-22(17)11(2)24/h5,9-10,17,26H,1,6-8H2,2-4H3,(H,21,25,29)/t17-/m1/s1. The molecule has 0 fully saturated rings. The Morgan fingerprint density at radius 1 is 1.38 bits per heavy atom. The van der Waals surface area contributed by atoms with Crippen LogP contribution in [0.3, 0.4) is 0 Å². The van der Waals surface area contributed by atoms with Gasteiger partial charge in [0.05, 0.1) is 20.3 Å². The number of aromatic nitrogens is 2. The lowest BCUT2D eigenvalue weighted by Crippen LogP contribution is -2.42. The Labute approximate surface area is 173 Å². The summed E-state index contributed by atoms with van der Waals surface area (Å²) < 4.78 is 12.2. The highest BCUT2D eigenvalue weighted by molar-refractivity contribution is 7.71. The summed E-state index contributed by atoms with van der Waals surface area (Å²) >= 11 is 5.17. The number of allylic oxidation sites excluding steroid dienone is 1. The van der Waals surface area contributed by atoms with Crippen LogP contribution in [0.5, 0.6) is 17.4 Å². The SMILES string of the molecule is C=CCn1c(O)c([C@H]2c3cc(OC)c(OC)cc3CCN2C(C)=O)c(=O)[nH]c1=S. The molecule has 154 valence electrons. The van der Waals surface area contributed by atoms with E-state index in [0.29, 0.717) is 30.0 Å². The first-order chi connectivity index (χ1) is 13.8. The van der Waals surface area contributed by atoms with Crippen molar-refractivity contribution in [3.63, 3.8) is 0 Å². The molecule has 0 bridgehead atoms. The highest BCUT2D eigenvalue weighted by Gasteiger charge is 2.36. The smallest absolute Gasteiger partial charge is 0.261 e. The molecule has 3 rings (SSSR count). The number of methoxy groups -OCH3 is 2. The highest BCUT2D eigenvalue weighted by atomic mass is 32.1. The van der Waals surface area contributed by atoms with Crippen LogP contribution in [0.4, 0.5) is 0 Å². The van der Waals surface area contributed by atoms with Crippen LogP contribution in [0, 0.1) is 4.77 Å². The van der Waals surface area contributed by atoms with Crippen LogP contribution in [-0.4, -0.2) is 46.2 Å². The van der Waals surface area contributed by atoms with Crippen LogP contribution in [0.25, 0.3) is 0 Å². The van der Waals surface area contributed by atoms with E-state index >= 15 is 0 Å². The van der Waals surface area contributed by atoms with Crippen LogP contribution in [0.1, 0.15) is 29.7 Å². The van der Waals surface area contributed by atoms with Gasteiger partial charge >= 0.3 is 0 Å². The molecule has 0 radical (unpaired) electrons. The van der Waals surface area contributed by atoms with Gasteiger partial charge in [0.15, 0.2) is 16.3 Å². The van der Waals surface area contributed by atoms with Crippen LogP contribution in [0.2, 0.25) is 0 Å². The van der Waals surface area contributed by atoms with E-state index in [0.717, 1.165) is 5.56 Å². The number of fused-ring (bicyclic) bond motifs is 1. The molecule has 9 heteroatoms. The Morgan fingerprint density at radius 2 is 2.03 bits per heavy atom. The van der Waals surface area contributed by atoms with Gasteiger partial charge < -0.3 is 19.5 Å². The Kier molecular flexibility index (Phi) is 5.78. The van der Waals surface area contributed by atoms with Gasteiger partial charge in [0.25, 0.3) is 5.56 Å². The van der Waals surface area contributed by atoms with Crippen LogP contribution in [-0.2, 0) is 17.8 Å². The molecule has 1 amide bonds. The molecular weight excluding hydrogens is 394 g/mol. The number of hydrogen-bond donors (Lipinski definition) is 2. The quantitative estimate of drug-likeness (QED) is 0.572. The second-order valence-corrected chi connectivity index (χ2v) is 7.05. The first kappa shape index (κ1) is 20.7. The predicted octanol–water partition coefficient (Wildman–Crippen LogP) is 2.31. The summed E-state index contributed by atoms with van der Waals surface area (Å²) in [5.41, 5.74) is 1.09. The number of nitrogens with zero attached hydrogens (tertiary/aromatic N) is 2. The summed E-state index contributed by atoms with van der Waals surface area (Å²) in [7, 11) is 3.06. The van der Waals surface area contributed by atoms with Gasteiger partial charge in [-0.3, -0.25) is 19.1 Å². The van der Waals surface area contributed by atoms with E-state index in [-0.39, 0.29) is 28.7 Å². The molecule has 1 aliphatic rings. The molecule has 0 unspecified atom stereocenters. The molecule has 29 heavy (non-hydrogen) atoms. The lowest BCUT2D eigenvalue weighted by molar-refractivity contribution is -0.130. The molecule has 2 heterocycles. The van der Waals surface area contributed by atoms with E-state index in [1.165, 1.54) is 18.6 Å². The van der Waals surface area contributed by atoms with Crippen LogP contribution < -0.4 is 15.0 Å². The number of carbonyl (C=O) groups excluding carboxylic acids is 1. The molecule has 0 saturated carbocycles. The van der Waals surface area contributed by atoms with E-state index in [1.807, 2.05) is 6.07 Å². The molecule has 1 atom stereocenters. The predicted molar refractivity (Wildman–Crippen MR) is 110 cm³/mol. The van der Waals surface area contributed by atoms with Crippen LogP contribution in [0.15, 0.2) is 29.6 Å². The Balaban J connectivity index is 2.34. The molecule has 0 spiro atoms. The van der Waals surface area contributed by atoms with Crippen molar-refractivity contribution in [1.29, 1.82) is 0 Å². The zero-order chi connectivity index (χ0) is 21.3. The zero-order valence-corrected chi connectivity index (χ0v) is 17.3. The number of benzene rings is 1. The van der Waals surface area contributed by atoms with Crippen molar-refractivity contribution in [3.8, 4) is 17.4 Å². The van der Waals surface area contributed by atoms with Gasteiger partial charge in [-0.15, -0.1) is 6.58 Å². The van der Waals surface area contributed by atoms with Gasteiger partial charge in [-0.05, 0) is 41.9 Å². The maximum absolute atomic E-state index is 12.9. The minimum atomic E-state index is -0.800. The lowest BCUT2D eigenvalue weighted by Gasteiger charge is -2.37. The van der Waals surface area contributed by atoms with Crippen molar-refractivity contribution >= 4 is 18.1 Å². The molecule has 1 aliphatic heterocycles. The summed E-state index contributed by atoms with van der Waals surface area (Å²) in [5.74, 6) is 0.517. The minimum absolute atomic E-state index is 0.0452. The molecule has 0 saturated heterocycles. The number of H-pyrrole nitrogens is 1. The van der Waals surface area contributed by atoms with Crippen molar-refractivity contribution in [3.05, 3.63) is 56.6 Å². The summed E-state index contributed by atoms with van der Waals surface area (Å²) in [5, 5.41) is 10.9. The third-order valence-corrected chi connectivity index (χ3v) is 5.39. The second-order valence-electron chi connectivity index (χ2n) is 6.67. The minimum Gasteiger partial charge on any atom is -0.494 e. The average molecular weight is 417 g/mol. The van der Waals surface area contributed by atoms with E-state index in [4.69, 9.17) is 21.7 Å². The first-order valence-corrected chi connectivity index (χ1v) is 9.43. The third kappa shape index (κ3) is 3.53. The fraction of sp³-hybridized carbons (Fsp3) is 0.350. The zero-order valence-electron chi connectivity index (χ0n) is 16.5. The normalized spacial score (nSPS) is 15.6. The largest absolute Gasteiger partial charge is 0.494 e. The third-order valence-electron chi connectivity index (χ3n) is 5.07. The second kappa shape index (κ2) is 8.12. The molecule has 1 aromatic heterocycles. The van der Waals surface area contributed by atoms with E-state index < -0.39 is 11.6 Å². The average Bonchev–Trinajstić information content (AvgIpc) is 2.69. The molecule has 0 aliphatic carbocycles. The fourth-order valence-electron chi connectivity index (χ4n) is 3.72. The van der Waals surface area contributed by atoms with Crippen molar-refractivity contribution in [2.75, 3.05) is 20.8 Å². The number of amides is 1. The number of hydrogen-bond acceptors (Lipinski definition) is 6. The molecule has 8 nitrogen and oxygen atoms in total. The number of aromatic hydroxyl groups is 1. The van der Waals surface area contributed by atoms with Crippen LogP contribution >= 0.6 is 12.2 Å². The monoisotopic (exact) mass is 417 g/mol. The topological polar surface area (TPSA) is 96.8 Å². The van der Waals surface area contributed by atoms with Crippen molar-refractivity contribution < 1.29 is 19.4 Å². The summed E-state index contributed by atoms with van der Waals surface area (Å²) in [6, 6.07) is 2.78. The number of nitrogens with one attached hydrogen (secondary N) is 1.